The van der Waals surface area contributed by atoms with Crippen molar-refractivity contribution < 1.29 is 0 Å². The van der Waals surface area contributed by atoms with E-state index in [2.05, 4.69) is 44.7 Å². The van der Waals surface area contributed by atoms with Crippen LogP contribution in [0.5, 0.6) is 0 Å². The topological polar surface area (TPSA) is 29.9 Å². The van der Waals surface area contributed by atoms with E-state index < -0.39 is 0 Å². The Balaban J connectivity index is 2.79. The Labute approximate surface area is 111 Å². The molecule has 0 saturated heterocycles. The van der Waals surface area contributed by atoms with Crippen LogP contribution in [0.1, 0.15) is 43.6 Å². The van der Waals surface area contributed by atoms with Crippen molar-refractivity contribution in [3.05, 3.63) is 29.1 Å². The van der Waals surface area contributed by atoms with Gasteiger partial charge in [0.1, 0.15) is 0 Å². The first kappa shape index (κ1) is 15.0. The van der Waals surface area contributed by atoms with Gasteiger partial charge in [-0.05, 0) is 45.2 Å². The maximum atomic E-state index is 4.49. The Morgan fingerprint density at radius 2 is 2.06 bits per heavy atom. The molecule has 0 aliphatic carbocycles. The molecule has 0 aromatic carbocycles. The molecule has 1 heterocycles. The van der Waals surface area contributed by atoms with Gasteiger partial charge in [-0.3, -0.25) is 4.68 Å². The molecule has 1 unspecified atom stereocenters. The Morgan fingerprint density at radius 3 is 2.50 bits per heavy atom. The summed E-state index contributed by atoms with van der Waals surface area (Å²) < 4.78 is 1.97. The molecule has 0 saturated carbocycles. The van der Waals surface area contributed by atoms with E-state index in [0.29, 0.717) is 6.04 Å². The van der Waals surface area contributed by atoms with Crippen LogP contribution in [0.4, 0.5) is 0 Å². The van der Waals surface area contributed by atoms with Crippen molar-refractivity contribution in [2.45, 2.75) is 53.0 Å². The lowest BCUT2D eigenvalue weighted by molar-refractivity contribution is 0.514. The van der Waals surface area contributed by atoms with Crippen LogP contribution in [0.25, 0.3) is 0 Å². The van der Waals surface area contributed by atoms with Crippen molar-refractivity contribution >= 4 is 0 Å². The summed E-state index contributed by atoms with van der Waals surface area (Å²) in [6.07, 6.45) is 3.16. The second kappa shape index (κ2) is 6.74. The van der Waals surface area contributed by atoms with Gasteiger partial charge in [-0.25, -0.2) is 0 Å². The Bertz CT molecular complexity index is 404. The number of likely N-dealkylation sites (N-methyl/N-ethyl adjacent to an activating group) is 1. The highest BCUT2D eigenvalue weighted by Crippen LogP contribution is 2.17. The molecule has 0 amide bonds. The minimum atomic E-state index is 0.476. The second-order valence-corrected chi connectivity index (χ2v) is 5.04. The zero-order chi connectivity index (χ0) is 13.7. The molecule has 0 aliphatic rings. The third-order valence-electron chi connectivity index (χ3n) is 3.64. The number of nitrogens with zero attached hydrogens (tertiary/aromatic N) is 2. The summed E-state index contributed by atoms with van der Waals surface area (Å²) in [6, 6.07) is 0.476. The van der Waals surface area contributed by atoms with Crippen LogP contribution >= 0.6 is 0 Å². The van der Waals surface area contributed by atoms with Gasteiger partial charge < -0.3 is 5.32 Å². The minimum Gasteiger partial charge on any atom is -0.314 e. The average molecular weight is 249 g/mol. The van der Waals surface area contributed by atoms with Gasteiger partial charge in [-0.1, -0.05) is 26.0 Å². The Morgan fingerprint density at radius 1 is 1.39 bits per heavy atom. The highest BCUT2D eigenvalue weighted by Gasteiger charge is 2.15. The molecule has 0 radical (unpaired) electrons. The van der Waals surface area contributed by atoms with Gasteiger partial charge in [-0.15, -0.1) is 0 Å². The molecule has 1 rings (SSSR count). The average Bonchev–Trinajstić information content (AvgIpc) is 2.56. The van der Waals surface area contributed by atoms with E-state index in [-0.39, 0.29) is 0 Å². The van der Waals surface area contributed by atoms with Crippen LogP contribution in [0.2, 0.25) is 0 Å². The lowest BCUT2D eigenvalue weighted by atomic mass is 9.97. The fourth-order valence-corrected chi connectivity index (χ4v) is 2.36. The third-order valence-corrected chi connectivity index (χ3v) is 3.64. The summed E-state index contributed by atoms with van der Waals surface area (Å²) in [5, 5.41) is 8.05. The molecule has 1 aromatic rings. The molecule has 0 fully saturated rings. The smallest absolute Gasteiger partial charge is 0.0628 e. The zero-order valence-electron chi connectivity index (χ0n) is 12.5. The summed E-state index contributed by atoms with van der Waals surface area (Å²) in [6.45, 7) is 13.7. The minimum absolute atomic E-state index is 0.476. The van der Waals surface area contributed by atoms with Gasteiger partial charge in [0.15, 0.2) is 0 Å². The standard InChI is InChI=1S/C15H27N3/c1-7-11(3)9-14(16-8-2)10-15-12(4)17-18(6)13(15)5/h14,16H,3,7-10H2,1-2,4-6H3. The van der Waals surface area contributed by atoms with Crippen molar-refractivity contribution in [3.63, 3.8) is 0 Å². The van der Waals surface area contributed by atoms with Gasteiger partial charge >= 0.3 is 0 Å². The van der Waals surface area contributed by atoms with Crippen LogP contribution in [0.15, 0.2) is 12.2 Å². The number of nitrogens with one attached hydrogen (secondary N) is 1. The van der Waals surface area contributed by atoms with Crippen LogP contribution in [-0.4, -0.2) is 22.4 Å². The number of aryl methyl sites for hydroxylation is 2. The quantitative estimate of drug-likeness (QED) is 0.753. The van der Waals surface area contributed by atoms with E-state index in [1.807, 2.05) is 11.7 Å². The van der Waals surface area contributed by atoms with E-state index in [1.165, 1.54) is 16.8 Å². The normalized spacial score (nSPS) is 12.7. The first-order valence-corrected chi connectivity index (χ1v) is 6.88. The van der Waals surface area contributed by atoms with Gasteiger partial charge in [-0.2, -0.15) is 5.10 Å². The number of aromatic nitrogens is 2. The van der Waals surface area contributed by atoms with Crippen molar-refractivity contribution in [1.29, 1.82) is 0 Å². The maximum absolute atomic E-state index is 4.49. The van der Waals surface area contributed by atoms with Gasteiger partial charge in [0, 0.05) is 18.8 Å². The molecule has 1 N–H and O–H groups in total. The van der Waals surface area contributed by atoms with Crippen LogP contribution in [-0.2, 0) is 13.5 Å². The van der Waals surface area contributed by atoms with E-state index in [0.717, 1.165) is 31.5 Å². The van der Waals surface area contributed by atoms with Gasteiger partial charge in [0.25, 0.3) is 0 Å². The van der Waals surface area contributed by atoms with Gasteiger partial charge in [0.2, 0.25) is 0 Å². The summed E-state index contributed by atoms with van der Waals surface area (Å²) in [7, 11) is 2.01. The third kappa shape index (κ3) is 3.70. The van der Waals surface area contributed by atoms with Crippen molar-refractivity contribution in [2.75, 3.05) is 6.54 Å². The summed E-state index contributed by atoms with van der Waals surface area (Å²) in [5.41, 5.74) is 5.13. The van der Waals surface area contributed by atoms with Crippen molar-refractivity contribution in [1.82, 2.24) is 15.1 Å². The SMILES string of the molecule is C=C(CC)CC(Cc1c(C)nn(C)c1C)NCC. The molecule has 0 aliphatic heterocycles. The van der Waals surface area contributed by atoms with E-state index in [4.69, 9.17) is 0 Å². The van der Waals surface area contributed by atoms with Crippen LogP contribution in [0.3, 0.4) is 0 Å². The molecule has 18 heavy (non-hydrogen) atoms. The highest BCUT2D eigenvalue weighted by atomic mass is 15.3. The fourth-order valence-electron chi connectivity index (χ4n) is 2.36. The number of hydrogen-bond acceptors (Lipinski definition) is 2. The molecule has 3 heteroatoms. The first-order valence-electron chi connectivity index (χ1n) is 6.88. The van der Waals surface area contributed by atoms with E-state index in [9.17, 15) is 0 Å². The zero-order valence-corrected chi connectivity index (χ0v) is 12.5. The summed E-state index contributed by atoms with van der Waals surface area (Å²) in [4.78, 5) is 0. The predicted octanol–water partition coefficient (Wildman–Crippen LogP) is 2.91. The van der Waals surface area contributed by atoms with Crippen molar-refractivity contribution in [2.24, 2.45) is 7.05 Å². The molecule has 0 spiro atoms. The lowest BCUT2D eigenvalue weighted by Crippen LogP contribution is -2.31. The number of hydrogen-bond donors (Lipinski definition) is 1. The Hall–Kier alpha value is -1.09. The second-order valence-electron chi connectivity index (χ2n) is 5.04. The molecular weight excluding hydrogens is 222 g/mol. The predicted molar refractivity (Wildman–Crippen MR) is 77.9 cm³/mol. The summed E-state index contributed by atoms with van der Waals surface area (Å²) >= 11 is 0. The summed E-state index contributed by atoms with van der Waals surface area (Å²) in [5.74, 6) is 0. The molecule has 1 atom stereocenters. The maximum Gasteiger partial charge on any atom is 0.0628 e. The molecular formula is C15H27N3. The fraction of sp³-hybridized carbons (Fsp3) is 0.667. The molecule has 0 bridgehead atoms. The lowest BCUT2D eigenvalue weighted by Gasteiger charge is -2.19. The van der Waals surface area contributed by atoms with Crippen LogP contribution in [0, 0.1) is 13.8 Å². The van der Waals surface area contributed by atoms with E-state index in [1.54, 1.807) is 0 Å². The Kier molecular flexibility index (Phi) is 5.60. The molecule has 102 valence electrons. The van der Waals surface area contributed by atoms with Gasteiger partial charge in [0.05, 0.1) is 5.69 Å². The number of rotatable bonds is 7. The molecule has 3 nitrogen and oxygen atoms in total. The highest BCUT2D eigenvalue weighted by molar-refractivity contribution is 5.25. The van der Waals surface area contributed by atoms with E-state index >= 15 is 0 Å². The first-order chi connectivity index (χ1) is 8.49. The molecule has 1 aromatic heterocycles. The monoisotopic (exact) mass is 249 g/mol. The van der Waals surface area contributed by atoms with Crippen LogP contribution < -0.4 is 5.32 Å². The largest absolute Gasteiger partial charge is 0.314 e. The van der Waals surface area contributed by atoms with Crippen molar-refractivity contribution in [3.8, 4) is 0 Å².